The van der Waals surface area contributed by atoms with Crippen LogP contribution in [0.1, 0.15) is 52.3 Å². The van der Waals surface area contributed by atoms with Gasteiger partial charge >= 0.3 is 5.97 Å². The Morgan fingerprint density at radius 3 is 2.73 bits per heavy atom. The van der Waals surface area contributed by atoms with Crippen molar-refractivity contribution in [1.82, 2.24) is 14.8 Å². The van der Waals surface area contributed by atoms with Crippen molar-refractivity contribution < 1.29 is 14.3 Å². The normalized spacial score (nSPS) is 13.7. The van der Waals surface area contributed by atoms with Gasteiger partial charge in [-0.15, -0.1) is 21.5 Å². The average molecular weight is 395 g/mol. The van der Waals surface area contributed by atoms with E-state index in [1.165, 1.54) is 30.2 Å². The maximum absolute atomic E-state index is 12.4. The fraction of sp³-hybridized carbons (Fsp3) is 0.529. The van der Waals surface area contributed by atoms with Crippen LogP contribution in [0.5, 0.6) is 0 Å². The number of nitrogens with one attached hydrogen (secondary N) is 1. The van der Waals surface area contributed by atoms with E-state index in [-0.39, 0.29) is 11.7 Å². The fourth-order valence-corrected chi connectivity index (χ4v) is 4.72. The number of esters is 1. The number of rotatable bonds is 7. The van der Waals surface area contributed by atoms with Gasteiger partial charge in [-0.25, -0.2) is 4.79 Å². The lowest BCUT2D eigenvalue weighted by Gasteiger charge is -2.07. The fourth-order valence-electron chi connectivity index (χ4n) is 2.85. The third kappa shape index (κ3) is 3.78. The summed E-state index contributed by atoms with van der Waals surface area (Å²) in [4.78, 5) is 25.5. The molecule has 1 fully saturated rings. The van der Waals surface area contributed by atoms with Gasteiger partial charge in [0.15, 0.2) is 5.16 Å². The predicted octanol–water partition coefficient (Wildman–Crippen LogP) is 3.14. The summed E-state index contributed by atoms with van der Waals surface area (Å²) in [5.41, 5.74) is 1.39. The van der Waals surface area contributed by atoms with E-state index in [1.807, 2.05) is 25.5 Å². The Morgan fingerprint density at radius 2 is 2.12 bits per heavy atom. The standard InChI is InChI=1S/C17H22N4O3S2/c1-5-11-9(2)26-15(13(11)16(23)24-4)18-12(22)8-25-17-20-19-14(21(17)3)10-6-7-10/h10H,5-8H2,1-4H3,(H,18,22). The van der Waals surface area contributed by atoms with Crippen LogP contribution in [-0.2, 0) is 23.0 Å². The summed E-state index contributed by atoms with van der Waals surface area (Å²) in [6.07, 6.45) is 3.02. The number of aryl methyl sites for hydroxylation is 1. The summed E-state index contributed by atoms with van der Waals surface area (Å²) in [6.45, 7) is 3.92. The van der Waals surface area contributed by atoms with Crippen LogP contribution in [0.25, 0.3) is 0 Å². The molecule has 3 rings (SSSR count). The lowest BCUT2D eigenvalue weighted by atomic mass is 10.1. The summed E-state index contributed by atoms with van der Waals surface area (Å²) in [6, 6.07) is 0. The van der Waals surface area contributed by atoms with Gasteiger partial charge in [0.1, 0.15) is 10.8 Å². The maximum Gasteiger partial charge on any atom is 0.341 e. The Balaban J connectivity index is 1.67. The Morgan fingerprint density at radius 1 is 1.38 bits per heavy atom. The van der Waals surface area contributed by atoms with Crippen molar-refractivity contribution in [2.45, 2.75) is 44.2 Å². The van der Waals surface area contributed by atoms with Crippen LogP contribution in [-0.4, -0.2) is 39.5 Å². The quantitative estimate of drug-likeness (QED) is 0.573. The monoisotopic (exact) mass is 394 g/mol. The van der Waals surface area contributed by atoms with E-state index in [2.05, 4.69) is 15.5 Å². The molecule has 140 valence electrons. The van der Waals surface area contributed by atoms with Crippen molar-refractivity contribution in [2.75, 3.05) is 18.2 Å². The topological polar surface area (TPSA) is 86.1 Å². The van der Waals surface area contributed by atoms with E-state index in [9.17, 15) is 9.59 Å². The number of nitrogens with zero attached hydrogens (tertiary/aromatic N) is 3. The number of thiophene rings is 1. The first-order valence-corrected chi connectivity index (χ1v) is 10.3. The molecule has 0 spiro atoms. The van der Waals surface area contributed by atoms with Crippen LogP contribution in [0.15, 0.2) is 5.16 Å². The molecule has 1 aliphatic carbocycles. The molecule has 2 heterocycles. The van der Waals surface area contributed by atoms with Gasteiger partial charge in [-0.2, -0.15) is 0 Å². The third-order valence-electron chi connectivity index (χ3n) is 4.35. The third-order valence-corrected chi connectivity index (χ3v) is 6.43. The summed E-state index contributed by atoms with van der Waals surface area (Å²) in [5.74, 6) is 1.11. The SMILES string of the molecule is CCc1c(C)sc(NC(=O)CSc2nnc(C3CC3)n2C)c1C(=O)OC. The van der Waals surface area contributed by atoms with Crippen LogP contribution in [0.3, 0.4) is 0 Å². The molecule has 0 aromatic carbocycles. The number of amides is 1. The minimum Gasteiger partial charge on any atom is -0.465 e. The first-order valence-electron chi connectivity index (χ1n) is 8.48. The molecule has 1 aliphatic rings. The first kappa shape index (κ1) is 18.9. The number of thioether (sulfide) groups is 1. The molecule has 0 aliphatic heterocycles. The minimum absolute atomic E-state index is 0.181. The van der Waals surface area contributed by atoms with Gasteiger partial charge in [0.05, 0.1) is 18.4 Å². The number of hydrogen-bond acceptors (Lipinski definition) is 7. The lowest BCUT2D eigenvalue weighted by molar-refractivity contribution is -0.113. The zero-order valence-electron chi connectivity index (χ0n) is 15.3. The molecular weight excluding hydrogens is 372 g/mol. The highest BCUT2D eigenvalue weighted by atomic mass is 32.2. The zero-order chi connectivity index (χ0) is 18.8. The van der Waals surface area contributed by atoms with E-state index < -0.39 is 5.97 Å². The first-order chi connectivity index (χ1) is 12.5. The number of methoxy groups -OCH3 is 1. The second-order valence-electron chi connectivity index (χ2n) is 6.20. The molecule has 1 N–H and O–H groups in total. The van der Waals surface area contributed by atoms with Crippen molar-refractivity contribution in [1.29, 1.82) is 0 Å². The second kappa shape index (κ2) is 7.79. The Labute approximate surface area is 160 Å². The summed E-state index contributed by atoms with van der Waals surface area (Å²) in [7, 11) is 3.28. The highest BCUT2D eigenvalue weighted by molar-refractivity contribution is 7.99. The number of ether oxygens (including phenoxy) is 1. The van der Waals surface area contributed by atoms with Crippen molar-refractivity contribution >= 4 is 40.0 Å². The van der Waals surface area contributed by atoms with Gasteiger partial charge in [-0.3, -0.25) is 4.79 Å². The molecule has 0 radical (unpaired) electrons. The molecule has 7 nitrogen and oxygen atoms in total. The number of carbonyl (C=O) groups excluding carboxylic acids is 2. The van der Waals surface area contributed by atoms with E-state index in [1.54, 1.807) is 0 Å². The molecule has 0 atom stereocenters. The largest absolute Gasteiger partial charge is 0.465 e. The second-order valence-corrected chi connectivity index (χ2v) is 8.36. The van der Waals surface area contributed by atoms with Crippen LogP contribution in [0, 0.1) is 6.92 Å². The molecule has 1 saturated carbocycles. The highest BCUT2D eigenvalue weighted by Crippen LogP contribution is 2.39. The Hall–Kier alpha value is -1.87. The smallest absolute Gasteiger partial charge is 0.341 e. The summed E-state index contributed by atoms with van der Waals surface area (Å²) in [5, 5.41) is 12.5. The number of hydrogen-bond donors (Lipinski definition) is 1. The average Bonchev–Trinajstić information content (AvgIpc) is 3.32. The van der Waals surface area contributed by atoms with E-state index in [4.69, 9.17) is 4.74 Å². The van der Waals surface area contributed by atoms with E-state index >= 15 is 0 Å². The van der Waals surface area contributed by atoms with Crippen molar-refractivity contribution in [2.24, 2.45) is 7.05 Å². The zero-order valence-corrected chi connectivity index (χ0v) is 16.9. The van der Waals surface area contributed by atoms with Crippen molar-refractivity contribution in [3.63, 3.8) is 0 Å². The van der Waals surface area contributed by atoms with Gasteiger partial charge in [0.2, 0.25) is 5.91 Å². The number of aromatic nitrogens is 3. The molecule has 2 aromatic heterocycles. The Kier molecular flexibility index (Phi) is 5.67. The van der Waals surface area contributed by atoms with Crippen LogP contribution in [0.2, 0.25) is 0 Å². The highest BCUT2D eigenvalue weighted by Gasteiger charge is 2.29. The molecule has 26 heavy (non-hydrogen) atoms. The van der Waals surface area contributed by atoms with Crippen LogP contribution < -0.4 is 5.32 Å². The van der Waals surface area contributed by atoms with Gasteiger partial charge < -0.3 is 14.6 Å². The molecule has 2 aromatic rings. The molecule has 0 unspecified atom stereocenters. The molecule has 0 bridgehead atoms. The van der Waals surface area contributed by atoms with Crippen molar-refractivity contribution in [3.8, 4) is 0 Å². The van der Waals surface area contributed by atoms with E-state index in [0.29, 0.717) is 22.9 Å². The predicted molar refractivity (Wildman–Crippen MR) is 102 cm³/mol. The molecular formula is C17H22N4O3S2. The summed E-state index contributed by atoms with van der Waals surface area (Å²) >= 11 is 2.75. The summed E-state index contributed by atoms with van der Waals surface area (Å²) < 4.78 is 6.84. The van der Waals surface area contributed by atoms with Gasteiger partial charge in [-0.05, 0) is 31.7 Å². The van der Waals surface area contributed by atoms with Crippen LogP contribution >= 0.6 is 23.1 Å². The Bertz CT molecular complexity index is 839. The van der Waals surface area contributed by atoms with Gasteiger partial charge in [-0.1, -0.05) is 18.7 Å². The number of anilines is 1. The van der Waals surface area contributed by atoms with Crippen molar-refractivity contribution in [3.05, 3.63) is 21.8 Å². The molecule has 0 saturated heterocycles. The van der Waals surface area contributed by atoms with E-state index in [0.717, 1.165) is 34.3 Å². The van der Waals surface area contributed by atoms with Crippen LogP contribution in [0.4, 0.5) is 5.00 Å². The minimum atomic E-state index is -0.420. The maximum atomic E-state index is 12.4. The molecule has 9 heteroatoms. The van der Waals surface area contributed by atoms with Gasteiger partial charge in [0, 0.05) is 17.8 Å². The van der Waals surface area contributed by atoms with Gasteiger partial charge in [0.25, 0.3) is 0 Å². The molecule has 1 amide bonds. The number of carbonyl (C=O) groups is 2. The lowest BCUT2D eigenvalue weighted by Crippen LogP contribution is -2.16.